The molecule has 0 atom stereocenters. The number of rotatable bonds is 4. The molecule has 0 unspecified atom stereocenters. The van der Waals surface area contributed by atoms with Crippen LogP contribution in [0.4, 0.5) is 4.39 Å². The number of hydrogen-bond donors (Lipinski definition) is 1. The van der Waals surface area contributed by atoms with Crippen LogP contribution in [0.3, 0.4) is 0 Å². The fourth-order valence-electron chi connectivity index (χ4n) is 1.65. The lowest BCUT2D eigenvalue weighted by atomic mass is 10.1. The molecule has 1 heterocycles. The molecule has 0 aliphatic rings. The summed E-state index contributed by atoms with van der Waals surface area (Å²) in [6.45, 7) is 6.79. The molecule has 1 aromatic heterocycles. The minimum Gasteiger partial charge on any atom is -0.436 e. The summed E-state index contributed by atoms with van der Waals surface area (Å²) in [5.74, 6) is 0.0286. The Balaban J connectivity index is 2.17. The van der Waals surface area contributed by atoms with E-state index in [0.717, 1.165) is 5.56 Å². The Morgan fingerprint density at radius 2 is 2.00 bits per heavy atom. The van der Waals surface area contributed by atoms with Gasteiger partial charge in [-0.05, 0) is 38.5 Å². The van der Waals surface area contributed by atoms with Gasteiger partial charge in [0.2, 0.25) is 5.88 Å². The highest BCUT2D eigenvalue weighted by Crippen LogP contribution is 2.26. The fourth-order valence-corrected chi connectivity index (χ4v) is 1.82. The highest BCUT2D eigenvalue weighted by atomic mass is 35.5. The van der Waals surface area contributed by atoms with E-state index < -0.39 is 5.82 Å². The highest BCUT2D eigenvalue weighted by Gasteiger charge is 2.12. The number of aromatic nitrogens is 1. The smallest absolute Gasteiger partial charge is 0.219 e. The van der Waals surface area contributed by atoms with E-state index in [0.29, 0.717) is 17.4 Å². The highest BCUT2D eigenvalue weighted by molar-refractivity contribution is 6.31. The van der Waals surface area contributed by atoms with Crippen molar-refractivity contribution in [2.24, 2.45) is 0 Å². The van der Waals surface area contributed by atoms with Crippen molar-refractivity contribution in [3.05, 3.63) is 52.9 Å². The summed E-state index contributed by atoms with van der Waals surface area (Å²) >= 11 is 6.13. The number of para-hydroxylation sites is 1. The molecule has 0 spiro atoms. The average Bonchev–Trinajstić information content (AvgIpc) is 2.41. The van der Waals surface area contributed by atoms with Gasteiger partial charge in [-0.15, -0.1) is 0 Å². The summed E-state index contributed by atoms with van der Waals surface area (Å²) in [7, 11) is 0. The molecule has 0 amide bonds. The van der Waals surface area contributed by atoms with Crippen LogP contribution in [-0.4, -0.2) is 10.5 Å². The van der Waals surface area contributed by atoms with Gasteiger partial charge >= 0.3 is 0 Å². The molecule has 0 aliphatic carbocycles. The van der Waals surface area contributed by atoms with E-state index in [4.69, 9.17) is 16.3 Å². The minimum absolute atomic E-state index is 0.0286. The van der Waals surface area contributed by atoms with Crippen LogP contribution in [0, 0.1) is 5.82 Å². The summed E-state index contributed by atoms with van der Waals surface area (Å²) < 4.78 is 19.0. The van der Waals surface area contributed by atoms with E-state index in [-0.39, 0.29) is 11.3 Å². The molecule has 1 aromatic carbocycles. The number of halogens is 2. The molecule has 0 saturated heterocycles. The van der Waals surface area contributed by atoms with Crippen molar-refractivity contribution in [1.29, 1.82) is 0 Å². The molecule has 2 rings (SSSR count). The van der Waals surface area contributed by atoms with Gasteiger partial charge < -0.3 is 10.1 Å². The second-order valence-electron chi connectivity index (χ2n) is 5.75. The van der Waals surface area contributed by atoms with Crippen LogP contribution in [0.15, 0.2) is 36.5 Å². The molecule has 0 bridgehead atoms. The van der Waals surface area contributed by atoms with Gasteiger partial charge in [-0.1, -0.05) is 23.7 Å². The van der Waals surface area contributed by atoms with Crippen LogP contribution >= 0.6 is 11.6 Å². The molecule has 0 fully saturated rings. The topological polar surface area (TPSA) is 34.1 Å². The van der Waals surface area contributed by atoms with Crippen molar-refractivity contribution in [3.8, 4) is 11.6 Å². The van der Waals surface area contributed by atoms with Crippen molar-refractivity contribution in [3.63, 3.8) is 0 Å². The lowest BCUT2D eigenvalue weighted by Gasteiger charge is -2.21. The lowest BCUT2D eigenvalue weighted by Crippen LogP contribution is -2.35. The fraction of sp³-hybridized carbons (Fsp3) is 0.312. The van der Waals surface area contributed by atoms with Crippen molar-refractivity contribution in [2.45, 2.75) is 32.9 Å². The first kappa shape index (κ1) is 15.7. The molecule has 0 radical (unpaired) electrons. The van der Waals surface area contributed by atoms with Crippen LogP contribution in [0.25, 0.3) is 0 Å². The predicted molar refractivity (Wildman–Crippen MR) is 82.3 cm³/mol. The zero-order chi connectivity index (χ0) is 15.5. The van der Waals surface area contributed by atoms with Crippen LogP contribution in [0.1, 0.15) is 26.3 Å². The minimum atomic E-state index is -0.427. The van der Waals surface area contributed by atoms with Crippen LogP contribution in [0.5, 0.6) is 11.6 Å². The van der Waals surface area contributed by atoms with E-state index >= 15 is 0 Å². The zero-order valence-corrected chi connectivity index (χ0v) is 13.0. The number of benzene rings is 1. The summed E-state index contributed by atoms with van der Waals surface area (Å²) in [5.41, 5.74) is 0.826. The van der Waals surface area contributed by atoms with Gasteiger partial charge in [0.25, 0.3) is 0 Å². The van der Waals surface area contributed by atoms with E-state index in [1.807, 2.05) is 0 Å². The standard InChI is InChI=1S/C16H18ClFN2O/c1-16(2,3)20-9-11-8-15(19-10-12(11)17)21-14-7-5-4-6-13(14)18/h4-8,10,20H,9H2,1-3H3. The molecule has 5 heteroatoms. The second-order valence-corrected chi connectivity index (χ2v) is 6.16. The van der Waals surface area contributed by atoms with E-state index in [1.165, 1.54) is 12.3 Å². The Morgan fingerprint density at radius 1 is 1.29 bits per heavy atom. The largest absolute Gasteiger partial charge is 0.436 e. The molecule has 0 saturated carbocycles. The molecule has 112 valence electrons. The Labute approximate surface area is 129 Å². The zero-order valence-electron chi connectivity index (χ0n) is 12.3. The van der Waals surface area contributed by atoms with Crippen molar-refractivity contribution in [1.82, 2.24) is 10.3 Å². The second kappa shape index (κ2) is 6.41. The number of nitrogens with zero attached hydrogens (tertiary/aromatic N) is 1. The third kappa shape index (κ3) is 4.69. The van der Waals surface area contributed by atoms with Crippen molar-refractivity contribution < 1.29 is 9.13 Å². The molecular weight excluding hydrogens is 291 g/mol. The number of ether oxygens (including phenoxy) is 1. The number of nitrogens with one attached hydrogen (secondary N) is 1. The van der Waals surface area contributed by atoms with Crippen molar-refractivity contribution >= 4 is 11.6 Å². The van der Waals surface area contributed by atoms with Crippen LogP contribution in [-0.2, 0) is 6.54 Å². The summed E-state index contributed by atoms with van der Waals surface area (Å²) in [4.78, 5) is 4.07. The first-order valence-electron chi connectivity index (χ1n) is 6.67. The molecule has 0 aliphatic heterocycles. The number of pyridine rings is 1. The Morgan fingerprint density at radius 3 is 2.67 bits per heavy atom. The third-order valence-corrected chi connectivity index (χ3v) is 3.11. The van der Waals surface area contributed by atoms with Gasteiger partial charge in [0.1, 0.15) is 0 Å². The Bertz CT molecular complexity index is 626. The molecule has 2 aromatic rings. The summed E-state index contributed by atoms with van der Waals surface area (Å²) in [6.07, 6.45) is 1.51. The quantitative estimate of drug-likeness (QED) is 0.899. The molecule has 1 N–H and O–H groups in total. The Hall–Kier alpha value is -1.65. The monoisotopic (exact) mass is 308 g/mol. The maximum Gasteiger partial charge on any atom is 0.219 e. The molecular formula is C16H18ClFN2O. The maximum absolute atomic E-state index is 13.6. The SMILES string of the molecule is CC(C)(C)NCc1cc(Oc2ccccc2F)ncc1Cl. The average molecular weight is 309 g/mol. The van der Waals surface area contributed by atoms with E-state index in [9.17, 15) is 4.39 Å². The van der Waals surface area contributed by atoms with Crippen LogP contribution < -0.4 is 10.1 Å². The summed E-state index contributed by atoms with van der Waals surface area (Å²) in [5, 5.41) is 3.89. The number of hydrogen-bond acceptors (Lipinski definition) is 3. The lowest BCUT2D eigenvalue weighted by molar-refractivity contribution is 0.416. The molecule has 21 heavy (non-hydrogen) atoms. The van der Waals surface area contributed by atoms with Gasteiger partial charge in [0, 0.05) is 24.3 Å². The van der Waals surface area contributed by atoms with Gasteiger partial charge in [0.05, 0.1) is 5.02 Å². The van der Waals surface area contributed by atoms with Gasteiger partial charge in [-0.3, -0.25) is 0 Å². The van der Waals surface area contributed by atoms with Crippen LogP contribution in [0.2, 0.25) is 5.02 Å². The molecule has 3 nitrogen and oxygen atoms in total. The van der Waals surface area contributed by atoms with Gasteiger partial charge in [-0.25, -0.2) is 9.37 Å². The Kier molecular flexibility index (Phi) is 4.80. The normalized spacial score (nSPS) is 11.5. The van der Waals surface area contributed by atoms with E-state index in [1.54, 1.807) is 24.3 Å². The first-order chi connectivity index (χ1) is 9.85. The van der Waals surface area contributed by atoms with Gasteiger partial charge in [0.15, 0.2) is 11.6 Å². The van der Waals surface area contributed by atoms with E-state index in [2.05, 4.69) is 31.1 Å². The van der Waals surface area contributed by atoms with Gasteiger partial charge in [-0.2, -0.15) is 0 Å². The first-order valence-corrected chi connectivity index (χ1v) is 7.05. The summed E-state index contributed by atoms with van der Waals surface area (Å²) in [6, 6.07) is 7.92. The van der Waals surface area contributed by atoms with Crippen molar-refractivity contribution in [2.75, 3.05) is 0 Å². The maximum atomic E-state index is 13.6. The third-order valence-electron chi connectivity index (χ3n) is 2.77. The predicted octanol–water partition coefficient (Wildman–Crippen LogP) is 4.55.